The van der Waals surface area contributed by atoms with E-state index in [4.69, 9.17) is 0 Å². The number of anilines is 1. The first-order valence-electron chi connectivity index (χ1n) is 5.26. The summed E-state index contributed by atoms with van der Waals surface area (Å²) < 4.78 is 0.772. The molecule has 1 heterocycles. The summed E-state index contributed by atoms with van der Waals surface area (Å²) in [6.45, 7) is 3.56. The number of hydrogen-bond acceptors (Lipinski definition) is 3. The minimum absolute atomic E-state index is 0.139. The van der Waals surface area contributed by atoms with Crippen LogP contribution in [0.15, 0.2) is 16.6 Å². The van der Waals surface area contributed by atoms with E-state index < -0.39 is 17.8 Å². The molecule has 0 radical (unpaired) electrons. The minimum atomic E-state index is -0.666. The Labute approximate surface area is 107 Å². The number of rotatable bonds is 2. The van der Waals surface area contributed by atoms with Gasteiger partial charge < -0.3 is 10.0 Å². The van der Waals surface area contributed by atoms with E-state index in [1.54, 1.807) is 13.0 Å². The molecular weight excluding hydrogens is 286 g/mol. The Bertz CT molecular complexity index is 511. The van der Waals surface area contributed by atoms with Gasteiger partial charge in [0.25, 0.3) is 11.7 Å². The van der Waals surface area contributed by atoms with E-state index in [-0.39, 0.29) is 6.54 Å². The van der Waals surface area contributed by atoms with Crippen molar-refractivity contribution in [3.63, 3.8) is 0 Å². The zero-order valence-electron chi connectivity index (χ0n) is 9.53. The van der Waals surface area contributed by atoms with Gasteiger partial charge in [-0.25, -0.2) is 0 Å². The van der Waals surface area contributed by atoms with Crippen LogP contribution in [0.1, 0.15) is 22.8 Å². The Kier molecular flexibility index (Phi) is 3.05. The first-order chi connectivity index (χ1) is 7.91. The fourth-order valence-electron chi connectivity index (χ4n) is 2.04. The highest BCUT2D eigenvalue weighted by Crippen LogP contribution is 2.34. The van der Waals surface area contributed by atoms with Crippen molar-refractivity contribution in [2.75, 3.05) is 11.4 Å². The van der Waals surface area contributed by atoms with Gasteiger partial charge in [0, 0.05) is 4.47 Å². The van der Waals surface area contributed by atoms with Crippen molar-refractivity contribution in [1.82, 2.24) is 0 Å². The van der Waals surface area contributed by atoms with Crippen molar-refractivity contribution in [3.8, 4) is 0 Å². The standard InChI is InChI=1S/C12H12BrNO3/c1-6-3-8(13)4-9-10(6)14(5-7(2)15)12(17)11(9)16/h3-4,7,15H,5H2,1-2H3. The van der Waals surface area contributed by atoms with Gasteiger partial charge in [-0.2, -0.15) is 0 Å². The molecule has 1 aromatic carbocycles. The van der Waals surface area contributed by atoms with Crippen molar-refractivity contribution in [2.24, 2.45) is 0 Å². The molecule has 0 spiro atoms. The molecule has 5 heteroatoms. The van der Waals surface area contributed by atoms with Gasteiger partial charge in [-0.05, 0) is 31.5 Å². The van der Waals surface area contributed by atoms with Crippen molar-refractivity contribution >= 4 is 33.3 Å². The number of hydrogen-bond donors (Lipinski definition) is 1. The monoisotopic (exact) mass is 297 g/mol. The highest BCUT2D eigenvalue weighted by atomic mass is 79.9. The number of benzene rings is 1. The lowest BCUT2D eigenvalue weighted by Gasteiger charge is -2.19. The fraction of sp³-hybridized carbons (Fsp3) is 0.333. The number of amides is 1. The van der Waals surface area contributed by atoms with Crippen molar-refractivity contribution in [2.45, 2.75) is 20.0 Å². The molecule has 0 aliphatic carbocycles. The molecule has 1 aliphatic rings. The van der Waals surface area contributed by atoms with Crippen molar-refractivity contribution in [1.29, 1.82) is 0 Å². The lowest BCUT2D eigenvalue weighted by molar-refractivity contribution is -0.114. The van der Waals surface area contributed by atoms with Crippen molar-refractivity contribution in [3.05, 3.63) is 27.7 Å². The topological polar surface area (TPSA) is 57.6 Å². The van der Waals surface area contributed by atoms with Crippen LogP contribution in [0.4, 0.5) is 5.69 Å². The number of carbonyl (C=O) groups is 2. The number of β-amino-alcohol motifs (C(OH)–C–C–N with tert-alkyl or cyclic N) is 1. The molecule has 4 nitrogen and oxygen atoms in total. The van der Waals surface area contributed by atoms with Crippen LogP contribution in [0.3, 0.4) is 0 Å². The lowest BCUT2D eigenvalue weighted by atomic mass is 10.1. The summed E-state index contributed by atoms with van der Waals surface area (Å²) in [5.74, 6) is -1.08. The first-order valence-corrected chi connectivity index (χ1v) is 6.05. The molecular formula is C12H12BrNO3. The fourth-order valence-corrected chi connectivity index (χ4v) is 2.62. The van der Waals surface area contributed by atoms with Crippen LogP contribution in [-0.2, 0) is 4.79 Å². The number of ketones is 1. The number of aliphatic hydroxyl groups excluding tert-OH is 1. The lowest BCUT2D eigenvalue weighted by Crippen LogP contribution is -2.35. The van der Waals surface area contributed by atoms with E-state index in [0.29, 0.717) is 11.3 Å². The van der Waals surface area contributed by atoms with Crippen LogP contribution in [-0.4, -0.2) is 29.4 Å². The highest BCUT2D eigenvalue weighted by molar-refractivity contribution is 9.10. The Morgan fingerprint density at radius 3 is 2.65 bits per heavy atom. The maximum Gasteiger partial charge on any atom is 0.299 e. The second kappa shape index (κ2) is 4.23. The third kappa shape index (κ3) is 2.00. The predicted molar refractivity (Wildman–Crippen MR) is 67.2 cm³/mol. The maximum absolute atomic E-state index is 11.8. The van der Waals surface area contributed by atoms with Gasteiger partial charge in [0.15, 0.2) is 0 Å². The average Bonchev–Trinajstić information content (AvgIpc) is 2.43. The molecule has 0 aromatic heterocycles. The summed E-state index contributed by atoms with van der Waals surface area (Å²) in [5, 5.41) is 9.37. The van der Waals surface area contributed by atoms with Crippen LogP contribution < -0.4 is 4.90 Å². The van der Waals surface area contributed by atoms with Gasteiger partial charge in [-0.15, -0.1) is 0 Å². The van der Waals surface area contributed by atoms with E-state index in [1.807, 2.05) is 13.0 Å². The molecule has 0 saturated carbocycles. The molecule has 0 bridgehead atoms. The second-order valence-corrected chi connectivity index (χ2v) is 5.13. The van der Waals surface area contributed by atoms with Crippen LogP contribution >= 0.6 is 15.9 Å². The summed E-state index contributed by atoms with van der Waals surface area (Å²) >= 11 is 3.30. The van der Waals surface area contributed by atoms with Gasteiger partial charge in [-0.1, -0.05) is 15.9 Å². The molecule has 17 heavy (non-hydrogen) atoms. The Morgan fingerprint density at radius 1 is 1.41 bits per heavy atom. The molecule has 2 rings (SSSR count). The number of nitrogens with zero attached hydrogens (tertiary/aromatic N) is 1. The highest BCUT2D eigenvalue weighted by Gasteiger charge is 2.37. The van der Waals surface area contributed by atoms with E-state index >= 15 is 0 Å². The van der Waals surface area contributed by atoms with E-state index in [9.17, 15) is 14.7 Å². The summed E-state index contributed by atoms with van der Waals surface area (Å²) in [4.78, 5) is 25.0. The zero-order chi connectivity index (χ0) is 12.7. The van der Waals surface area contributed by atoms with Crippen LogP contribution in [0.25, 0.3) is 0 Å². The Hall–Kier alpha value is -1.20. The zero-order valence-corrected chi connectivity index (χ0v) is 11.1. The summed E-state index contributed by atoms with van der Waals surface area (Å²) in [7, 11) is 0. The summed E-state index contributed by atoms with van der Waals surface area (Å²) in [6.07, 6.45) is -0.666. The summed E-state index contributed by atoms with van der Waals surface area (Å²) in [6, 6.07) is 3.49. The molecule has 1 unspecified atom stereocenters. The first kappa shape index (κ1) is 12.3. The number of aliphatic hydroxyl groups is 1. The molecule has 1 amide bonds. The van der Waals surface area contributed by atoms with E-state index in [2.05, 4.69) is 15.9 Å². The number of aryl methyl sites for hydroxylation is 1. The van der Waals surface area contributed by atoms with Gasteiger partial charge >= 0.3 is 0 Å². The van der Waals surface area contributed by atoms with Crippen molar-refractivity contribution < 1.29 is 14.7 Å². The van der Waals surface area contributed by atoms with E-state index in [1.165, 1.54) is 4.90 Å². The third-order valence-electron chi connectivity index (χ3n) is 2.67. The van der Waals surface area contributed by atoms with Gasteiger partial charge in [0.05, 0.1) is 23.9 Å². The molecule has 0 saturated heterocycles. The molecule has 1 atom stereocenters. The molecule has 1 N–H and O–H groups in total. The Morgan fingerprint density at radius 2 is 2.06 bits per heavy atom. The molecule has 90 valence electrons. The van der Waals surface area contributed by atoms with Gasteiger partial charge in [0.2, 0.25) is 0 Å². The van der Waals surface area contributed by atoms with Gasteiger partial charge in [-0.3, -0.25) is 9.59 Å². The largest absolute Gasteiger partial charge is 0.392 e. The quantitative estimate of drug-likeness (QED) is 0.845. The molecule has 0 fully saturated rings. The van der Waals surface area contributed by atoms with E-state index in [0.717, 1.165) is 10.0 Å². The number of fused-ring (bicyclic) bond motifs is 1. The second-order valence-electron chi connectivity index (χ2n) is 4.21. The SMILES string of the molecule is Cc1cc(Br)cc2c1N(CC(C)O)C(=O)C2=O. The number of carbonyl (C=O) groups excluding carboxylic acids is 2. The smallest absolute Gasteiger partial charge is 0.299 e. The number of Topliss-reactive ketones (excluding diaryl/α,β-unsaturated/α-hetero) is 1. The summed E-state index contributed by atoms with van der Waals surface area (Å²) in [5.41, 5.74) is 1.86. The van der Waals surface area contributed by atoms with Crippen LogP contribution in [0.2, 0.25) is 0 Å². The number of halogens is 1. The third-order valence-corrected chi connectivity index (χ3v) is 3.12. The van der Waals surface area contributed by atoms with Crippen LogP contribution in [0.5, 0.6) is 0 Å². The van der Waals surface area contributed by atoms with Gasteiger partial charge in [0.1, 0.15) is 0 Å². The predicted octanol–water partition coefficient (Wildman–Crippen LogP) is 1.67. The Balaban J connectivity index is 2.56. The van der Waals surface area contributed by atoms with Crippen LogP contribution in [0, 0.1) is 6.92 Å². The normalized spacial score (nSPS) is 16.4. The molecule has 1 aliphatic heterocycles. The molecule has 1 aromatic rings. The maximum atomic E-state index is 11.8. The minimum Gasteiger partial charge on any atom is -0.392 e. The average molecular weight is 298 g/mol.